The largest absolute Gasteiger partial charge is 0.448 e. The Labute approximate surface area is 128 Å². The molecule has 0 saturated carbocycles. The average Bonchev–Trinajstić information content (AvgIpc) is 3.00. The number of rotatable bonds is 5. The van der Waals surface area contributed by atoms with Gasteiger partial charge in [-0.15, -0.1) is 0 Å². The van der Waals surface area contributed by atoms with Crippen molar-refractivity contribution in [2.75, 3.05) is 13.1 Å². The summed E-state index contributed by atoms with van der Waals surface area (Å²) in [6, 6.07) is 1.92. The number of oxazole rings is 1. The Morgan fingerprint density at radius 2 is 2.36 bits per heavy atom. The lowest BCUT2D eigenvalue weighted by atomic mass is 10.0. The third kappa shape index (κ3) is 3.15. The summed E-state index contributed by atoms with van der Waals surface area (Å²) in [5.74, 6) is 0.563. The van der Waals surface area contributed by atoms with Gasteiger partial charge in [0.15, 0.2) is 6.39 Å². The number of nitrogens with zero attached hydrogens (tertiary/aromatic N) is 2. The fourth-order valence-corrected chi connectivity index (χ4v) is 2.51. The Hall–Kier alpha value is -2.25. The number of amides is 1. The first kappa shape index (κ1) is 14.7. The van der Waals surface area contributed by atoms with Crippen LogP contribution < -0.4 is 16.4 Å². The molecule has 4 N–H and O–H groups in total. The van der Waals surface area contributed by atoms with E-state index in [1.165, 1.54) is 6.39 Å². The minimum atomic E-state index is -0.157. The highest BCUT2D eigenvalue weighted by molar-refractivity contribution is 5.94. The quantitative estimate of drug-likeness (QED) is 0.725. The molecule has 0 unspecified atom stereocenters. The third-order valence-electron chi connectivity index (χ3n) is 3.70. The first-order valence-electron chi connectivity index (χ1n) is 7.36. The van der Waals surface area contributed by atoms with Gasteiger partial charge in [-0.25, -0.2) is 4.98 Å². The van der Waals surface area contributed by atoms with E-state index in [4.69, 9.17) is 10.2 Å². The SMILES string of the molecule is NCCc1ocnc1CNC(=O)c1cnc2c(c1)CCNC2. The molecule has 0 atom stereocenters. The third-order valence-corrected chi connectivity index (χ3v) is 3.70. The van der Waals surface area contributed by atoms with Crippen LogP contribution in [0.15, 0.2) is 23.1 Å². The molecule has 0 aromatic carbocycles. The van der Waals surface area contributed by atoms with Crippen LogP contribution in [0.3, 0.4) is 0 Å². The lowest BCUT2D eigenvalue weighted by Gasteiger charge is -2.16. The van der Waals surface area contributed by atoms with Crippen molar-refractivity contribution < 1.29 is 9.21 Å². The first-order chi connectivity index (χ1) is 10.8. The molecule has 7 nitrogen and oxygen atoms in total. The number of hydrogen-bond acceptors (Lipinski definition) is 6. The van der Waals surface area contributed by atoms with Crippen LogP contribution in [0.1, 0.15) is 33.1 Å². The molecule has 0 spiro atoms. The van der Waals surface area contributed by atoms with Gasteiger partial charge in [0.05, 0.1) is 17.8 Å². The molecule has 0 fully saturated rings. The fraction of sp³-hybridized carbons (Fsp3) is 0.400. The zero-order chi connectivity index (χ0) is 15.4. The summed E-state index contributed by atoms with van der Waals surface area (Å²) in [5, 5.41) is 6.11. The van der Waals surface area contributed by atoms with Gasteiger partial charge in [-0.05, 0) is 31.1 Å². The highest BCUT2D eigenvalue weighted by Gasteiger charge is 2.15. The minimum absolute atomic E-state index is 0.157. The Balaban J connectivity index is 1.65. The highest BCUT2D eigenvalue weighted by Crippen LogP contribution is 2.13. The molecular weight excluding hydrogens is 282 g/mol. The van der Waals surface area contributed by atoms with E-state index in [0.29, 0.717) is 30.8 Å². The van der Waals surface area contributed by atoms with Gasteiger partial charge < -0.3 is 20.8 Å². The summed E-state index contributed by atoms with van der Waals surface area (Å²) in [6.07, 6.45) is 4.50. The molecule has 7 heteroatoms. The molecule has 1 amide bonds. The van der Waals surface area contributed by atoms with Crippen LogP contribution in [-0.4, -0.2) is 29.0 Å². The number of nitrogens with one attached hydrogen (secondary N) is 2. The Kier molecular flexibility index (Phi) is 4.45. The van der Waals surface area contributed by atoms with Crippen LogP contribution in [0.2, 0.25) is 0 Å². The molecule has 0 radical (unpaired) electrons. The van der Waals surface area contributed by atoms with E-state index in [1.54, 1.807) is 6.20 Å². The van der Waals surface area contributed by atoms with Crippen molar-refractivity contribution in [1.29, 1.82) is 0 Å². The summed E-state index contributed by atoms with van der Waals surface area (Å²) in [5.41, 5.74) is 8.96. The van der Waals surface area contributed by atoms with Crippen molar-refractivity contribution in [3.63, 3.8) is 0 Å². The number of hydrogen-bond donors (Lipinski definition) is 3. The maximum Gasteiger partial charge on any atom is 0.253 e. The van der Waals surface area contributed by atoms with Gasteiger partial charge in [-0.2, -0.15) is 0 Å². The number of pyridine rings is 1. The average molecular weight is 301 g/mol. The van der Waals surface area contributed by atoms with Crippen molar-refractivity contribution in [3.05, 3.63) is 46.9 Å². The molecule has 3 heterocycles. The Morgan fingerprint density at radius 3 is 3.23 bits per heavy atom. The maximum atomic E-state index is 12.2. The molecule has 22 heavy (non-hydrogen) atoms. The molecule has 1 aliphatic rings. The summed E-state index contributed by atoms with van der Waals surface area (Å²) in [7, 11) is 0. The monoisotopic (exact) mass is 301 g/mol. The van der Waals surface area contributed by atoms with Gasteiger partial charge in [0.25, 0.3) is 5.91 Å². The van der Waals surface area contributed by atoms with Gasteiger partial charge in [0, 0.05) is 19.2 Å². The van der Waals surface area contributed by atoms with Crippen molar-refractivity contribution in [2.45, 2.75) is 25.9 Å². The van der Waals surface area contributed by atoms with Crippen LogP contribution in [0.4, 0.5) is 0 Å². The summed E-state index contributed by atoms with van der Waals surface area (Å²) >= 11 is 0. The second-order valence-electron chi connectivity index (χ2n) is 5.20. The topological polar surface area (TPSA) is 106 Å². The highest BCUT2D eigenvalue weighted by atomic mass is 16.3. The van der Waals surface area contributed by atoms with Crippen LogP contribution in [-0.2, 0) is 25.9 Å². The van der Waals surface area contributed by atoms with E-state index in [-0.39, 0.29) is 5.91 Å². The summed E-state index contributed by atoms with van der Waals surface area (Å²) < 4.78 is 5.26. The lowest BCUT2D eigenvalue weighted by molar-refractivity contribution is 0.0950. The second-order valence-corrected chi connectivity index (χ2v) is 5.20. The van der Waals surface area contributed by atoms with Gasteiger partial charge in [-0.3, -0.25) is 9.78 Å². The Bertz CT molecular complexity index is 668. The normalized spacial score (nSPS) is 13.7. The summed E-state index contributed by atoms with van der Waals surface area (Å²) in [4.78, 5) is 20.7. The smallest absolute Gasteiger partial charge is 0.253 e. The molecule has 2 aromatic heterocycles. The van der Waals surface area contributed by atoms with E-state index in [0.717, 1.165) is 36.5 Å². The van der Waals surface area contributed by atoms with Crippen LogP contribution in [0.5, 0.6) is 0 Å². The van der Waals surface area contributed by atoms with Gasteiger partial charge in [-0.1, -0.05) is 0 Å². The predicted molar refractivity (Wildman–Crippen MR) is 80.1 cm³/mol. The van der Waals surface area contributed by atoms with Crippen LogP contribution in [0.25, 0.3) is 0 Å². The van der Waals surface area contributed by atoms with E-state index >= 15 is 0 Å². The molecule has 0 aliphatic carbocycles. The number of nitrogens with two attached hydrogens (primary N) is 1. The molecule has 3 rings (SSSR count). The van der Waals surface area contributed by atoms with E-state index in [9.17, 15) is 4.79 Å². The molecule has 0 saturated heterocycles. The van der Waals surface area contributed by atoms with Crippen molar-refractivity contribution in [1.82, 2.24) is 20.6 Å². The van der Waals surface area contributed by atoms with Crippen molar-refractivity contribution >= 4 is 5.91 Å². The lowest BCUT2D eigenvalue weighted by Crippen LogP contribution is -2.27. The first-order valence-corrected chi connectivity index (χ1v) is 7.36. The zero-order valence-corrected chi connectivity index (χ0v) is 12.3. The molecule has 0 bridgehead atoms. The molecule has 1 aliphatic heterocycles. The zero-order valence-electron chi connectivity index (χ0n) is 12.3. The van der Waals surface area contributed by atoms with E-state index in [1.807, 2.05) is 6.07 Å². The van der Waals surface area contributed by atoms with Gasteiger partial charge in [0.2, 0.25) is 0 Å². The Morgan fingerprint density at radius 1 is 1.45 bits per heavy atom. The van der Waals surface area contributed by atoms with Gasteiger partial charge in [0.1, 0.15) is 11.5 Å². The van der Waals surface area contributed by atoms with Crippen LogP contribution >= 0.6 is 0 Å². The maximum absolute atomic E-state index is 12.2. The van der Waals surface area contributed by atoms with E-state index in [2.05, 4.69) is 20.6 Å². The minimum Gasteiger partial charge on any atom is -0.448 e. The number of carbonyl (C=O) groups is 1. The van der Waals surface area contributed by atoms with Gasteiger partial charge >= 0.3 is 0 Å². The number of fused-ring (bicyclic) bond motifs is 1. The van der Waals surface area contributed by atoms with Crippen molar-refractivity contribution in [2.24, 2.45) is 5.73 Å². The number of carbonyl (C=O) groups excluding carboxylic acids is 1. The van der Waals surface area contributed by atoms with E-state index < -0.39 is 0 Å². The van der Waals surface area contributed by atoms with Crippen molar-refractivity contribution in [3.8, 4) is 0 Å². The van der Waals surface area contributed by atoms with Crippen LogP contribution in [0, 0.1) is 0 Å². The predicted octanol–water partition coefficient (Wildman–Crippen LogP) is 0.146. The second kappa shape index (κ2) is 6.67. The number of aromatic nitrogens is 2. The molecule has 116 valence electrons. The molecular formula is C15H19N5O2. The summed E-state index contributed by atoms with van der Waals surface area (Å²) in [6.45, 7) is 2.49. The fourth-order valence-electron chi connectivity index (χ4n) is 2.51. The molecule has 2 aromatic rings. The standard InChI is InChI=1S/C15H19N5O2/c16-3-1-14-13(20-9-22-14)8-19-15(21)11-5-10-2-4-17-7-12(10)18-6-11/h5-6,9,17H,1-4,7-8,16H2,(H,19,21).